The van der Waals surface area contributed by atoms with Gasteiger partial charge in [-0.15, -0.1) is 0 Å². The number of hydrogen-bond acceptors (Lipinski definition) is 3. The number of aryl methyl sites for hydroxylation is 2. The van der Waals surface area contributed by atoms with E-state index in [4.69, 9.17) is 11.6 Å². The van der Waals surface area contributed by atoms with Crippen LogP contribution in [0.4, 0.5) is 0 Å². The van der Waals surface area contributed by atoms with Crippen molar-refractivity contribution < 1.29 is 0 Å². The first-order chi connectivity index (χ1) is 10.7. The SMILES string of the molecule is CN=C(NCCCc1ccccc1Cl)NCc1ncnn1C. The average Bonchev–Trinajstić information content (AvgIpc) is 2.93. The molecule has 2 rings (SSSR count). The van der Waals surface area contributed by atoms with Crippen molar-refractivity contribution in [3.8, 4) is 0 Å². The molecule has 0 unspecified atom stereocenters. The summed E-state index contributed by atoms with van der Waals surface area (Å²) in [5.41, 5.74) is 1.17. The van der Waals surface area contributed by atoms with Crippen LogP contribution in [0.1, 0.15) is 17.8 Å². The molecule has 0 aliphatic rings. The summed E-state index contributed by atoms with van der Waals surface area (Å²) >= 11 is 6.14. The first-order valence-corrected chi connectivity index (χ1v) is 7.59. The Bertz CT molecular complexity index is 622. The Kier molecular flexibility index (Phi) is 6.21. The highest BCUT2D eigenvalue weighted by Gasteiger charge is 2.03. The molecule has 0 radical (unpaired) electrons. The molecule has 6 nitrogen and oxygen atoms in total. The predicted octanol–water partition coefficient (Wildman–Crippen LogP) is 1.77. The van der Waals surface area contributed by atoms with Gasteiger partial charge in [0.2, 0.25) is 0 Å². The number of aliphatic imine (C=N–C) groups is 1. The second kappa shape index (κ2) is 8.38. The Labute approximate surface area is 135 Å². The molecule has 0 saturated carbocycles. The quantitative estimate of drug-likeness (QED) is 0.483. The van der Waals surface area contributed by atoms with Crippen molar-refractivity contribution in [1.29, 1.82) is 0 Å². The third-order valence-corrected chi connectivity index (χ3v) is 3.68. The lowest BCUT2D eigenvalue weighted by Gasteiger charge is -2.11. The zero-order valence-electron chi connectivity index (χ0n) is 12.9. The molecule has 7 heteroatoms. The maximum Gasteiger partial charge on any atom is 0.191 e. The molecule has 118 valence electrons. The van der Waals surface area contributed by atoms with Gasteiger partial charge in [-0.05, 0) is 24.5 Å². The highest BCUT2D eigenvalue weighted by molar-refractivity contribution is 6.31. The van der Waals surface area contributed by atoms with Crippen molar-refractivity contribution in [2.75, 3.05) is 13.6 Å². The maximum atomic E-state index is 6.14. The summed E-state index contributed by atoms with van der Waals surface area (Å²) in [6.07, 6.45) is 3.46. The molecule has 0 fully saturated rings. The standard InChI is InChI=1S/C15H21ClN6/c1-17-15(19-10-14-20-11-21-22(14)2)18-9-5-7-12-6-3-4-8-13(12)16/h3-4,6,8,11H,5,7,9-10H2,1-2H3,(H2,17,18,19). The van der Waals surface area contributed by atoms with Crippen LogP contribution in [0.2, 0.25) is 5.02 Å². The van der Waals surface area contributed by atoms with E-state index >= 15 is 0 Å². The van der Waals surface area contributed by atoms with Gasteiger partial charge in [0.15, 0.2) is 5.96 Å². The van der Waals surface area contributed by atoms with E-state index in [1.807, 2.05) is 25.2 Å². The lowest BCUT2D eigenvalue weighted by atomic mass is 10.1. The number of rotatable bonds is 6. The second-order valence-corrected chi connectivity index (χ2v) is 5.25. The van der Waals surface area contributed by atoms with Gasteiger partial charge < -0.3 is 10.6 Å². The Hall–Kier alpha value is -2.08. The summed E-state index contributed by atoms with van der Waals surface area (Å²) < 4.78 is 1.73. The number of aromatic nitrogens is 3. The fourth-order valence-electron chi connectivity index (χ4n) is 2.05. The summed E-state index contributed by atoms with van der Waals surface area (Å²) in [6, 6.07) is 7.94. The van der Waals surface area contributed by atoms with Gasteiger partial charge in [0.05, 0.1) is 6.54 Å². The molecule has 0 spiro atoms. The fourth-order valence-corrected chi connectivity index (χ4v) is 2.28. The molecule has 0 saturated heterocycles. The summed E-state index contributed by atoms with van der Waals surface area (Å²) in [5.74, 6) is 1.61. The van der Waals surface area contributed by atoms with Crippen LogP contribution in [0.3, 0.4) is 0 Å². The summed E-state index contributed by atoms with van der Waals surface area (Å²) in [7, 11) is 3.61. The second-order valence-electron chi connectivity index (χ2n) is 4.85. The first-order valence-electron chi connectivity index (χ1n) is 7.21. The third-order valence-electron chi connectivity index (χ3n) is 3.32. The van der Waals surface area contributed by atoms with Gasteiger partial charge in [-0.2, -0.15) is 5.10 Å². The van der Waals surface area contributed by atoms with Crippen LogP contribution in [0, 0.1) is 0 Å². The van der Waals surface area contributed by atoms with Crippen LogP contribution in [-0.4, -0.2) is 34.3 Å². The minimum atomic E-state index is 0.584. The number of nitrogens with one attached hydrogen (secondary N) is 2. The van der Waals surface area contributed by atoms with Crippen molar-refractivity contribution in [2.45, 2.75) is 19.4 Å². The lowest BCUT2D eigenvalue weighted by molar-refractivity contribution is 0.669. The molecule has 0 bridgehead atoms. The zero-order chi connectivity index (χ0) is 15.8. The van der Waals surface area contributed by atoms with Gasteiger partial charge in [0, 0.05) is 25.7 Å². The molecule has 2 N–H and O–H groups in total. The minimum absolute atomic E-state index is 0.584. The summed E-state index contributed by atoms with van der Waals surface area (Å²) in [5, 5.41) is 11.3. The largest absolute Gasteiger partial charge is 0.356 e. The Morgan fingerprint density at radius 2 is 2.14 bits per heavy atom. The Morgan fingerprint density at radius 1 is 1.32 bits per heavy atom. The monoisotopic (exact) mass is 320 g/mol. The fraction of sp³-hybridized carbons (Fsp3) is 0.400. The van der Waals surface area contributed by atoms with Crippen molar-refractivity contribution in [1.82, 2.24) is 25.4 Å². The number of hydrogen-bond donors (Lipinski definition) is 2. The van der Waals surface area contributed by atoms with E-state index in [1.165, 1.54) is 11.9 Å². The Morgan fingerprint density at radius 3 is 2.82 bits per heavy atom. The normalized spacial score (nSPS) is 11.5. The van der Waals surface area contributed by atoms with Crippen LogP contribution in [0.15, 0.2) is 35.6 Å². The van der Waals surface area contributed by atoms with E-state index in [9.17, 15) is 0 Å². The van der Waals surface area contributed by atoms with E-state index < -0.39 is 0 Å². The molecule has 1 aromatic carbocycles. The van der Waals surface area contributed by atoms with Crippen LogP contribution in [0.5, 0.6) is 0 Å². The van der Waals surface area contributed by atoms with Crippen molar-refractivity contribution in [3.63, 3.8) is 0 Å². The van der Waals surface area contributed by atoms with Crippen LogP contribution in [0.25, 0.3) is 0 Å². The van der Waals surface area contributed by atoms with Gasteiger partial charge in [0.25, 0.3) is 0 Å². The molecule has 0 amide bonds. The molecule has 2 aromatic rings. The molecule has 1 aromatic heterocycles. The number of guanidine groups is 1. The highest BCUT2D eigenvalue weighted by atomic mass is 35.5. The predicted molar refractivity (Wildman–Crippen MR) is 89.0 cm³/mol. The molecule has 22 heavy (non-hydrogen) atoms. The van der Waals surface area contributed by atoms with E-state index in [2.05, 4.69) is 31.8 Å². The zero-order valence-corrected chi connectivity index (χ0v) is 13.6. The van der Waals surface area contributed by atoms with Crippen LogP contribution in [-0.2, 0) is 20.0 Å². The van der Waals surface area contributed by atoms with Crippen LogP contribution < -0.4 is 10.6 Å². The van der Waals surface area contributed by atoms with E-state index in [-0.39, 0.29) is 0 Å². The van der Waals surface area contributed by atoms with E-state index in [1.54, 1.807) is 11.7 Å². The van der Waals surface area contributed by atoms with Gasteiger partial charge in [0.1, 0.15) is 12.2 Å². The topological polar surface area (TPSA) is 67.1 Å². The number of halogens is 1. The van der Waals surface area contributed by atoms with E-state index in [0.717, 1.165) is 36.2 Å². The summed E-state index contributed by atoms with van der Waals surface area (Å²) in [4.78, 5) is 8.35. The molecular formula is C15H21ClN6. The van der Waals surface area contributed by atoms with Crippen molar-refractivity contribution >= 4 is 17.6 Å². The number of nitrogens with zero attached hydrogens (tertiary/aromatic N) is 4. The first kappa shape index (κ1) is 16.3. The maximum absolute atomic E-state index is 6.14. The smallest absolute Gasteiger partial charge is 0.191 e. The highest BCUT2D eigenvalue weighted by Crippen LogP contribution is 2.16. The van der Waals surface area contributed by atoms with Crippen molar-refractivity contribution in [2.24, 2.45) is 12.0 Å². The Balaban J connectivity index is 1.71. The van der Waals surface area contributed by atoms with E-state index in [0.29, 0.717) is 6.54 Å². The summed E-state index contributed by atoms with van der Waals surface area (Å²) in [6.45, 7) is 1.41. The molecular weight excluding hydrogens is 300 g/mol. The lowest BCUT2D eigenvalue weighted by Crippen LogP contribution is -2.38. The average molecular weight is 321 g/mol. The van der Waals surface area contributed by atoms with Crippen molar-refractivity contribution in [3.05, 3.63) is 47.0 Å². The molecule has 0 aliphatic carbocycles. The van der Waals surface area contributed by atoms with Gasteiger partial charge >= 0.3 is 0 Å². The van der Waals surface area contributed by atoms with Gasteiger partial charge in [-0.25, -0.2) is 4.98 Å². The van der Waals surface area contributed by atoms with Gasteiger partial charge in [-0.1, -0.05) is 29.8 Å². The molecule has 0 atom stereocenters. The minimum Gasteiger partial charge on any atom is -0.356 e. The molecule has 1 heterocycles. The van der Waals surface area contributed by atoms with Crippen LogP contribution >= 0.6 is 11.6 Å². The van der Waals surface area contributed by atoms with Gasteiger partial charge in [-0.3, -0.25) is 9.67 Å². The number of benzene rings is 1. The third kappa shape index (κ3) is 4.73. The molecule has 0 aliphatic heterocycles.